The normalized spacial score (nSPS) is 11.0. The minimum absolute atomic E-state index is 0.00741. The molecule has 3 N–H and O–H groups in total. The summed E-state index contributed by atoms with van der Waals surface area (Å²) in [5, 5.41) is 5.41. The van der Waals surface area contributed by atoms with Gasteiger partial charge in [0.15, 0.2) is 5.11 Å². The first kappa shape index (κ1) is 24.6. The average molecular weight is 500 g/mol. The molecule has 1 amide bonds. The first-order valence-corrected chi connectivity index (χ1v) is 11.6. The summed E-state index contributed by atoms with van der Waals surface area (Å²) in [7, 11) is -0.894. The summed E-state index contributed by atoms with van der Waals surface area (Å²) in [5.74, 6) is 0.593. The van der Waals surface area contributed by atoms with E-state index in [1.165, 1.54) is 49.8 Å². The van der Waals surface area contributed by atoms with Crippen LogP contribution in [-0.4, -0.2) is 43.6 Å². The Kier molecular flexibility index (Phi) is 8.11. The Morgan fingerprint density at radius 3 is 2.35 bits per heavy atom. The number of aromatic nitrogens is 2. The number of rotatable bonds is 8. The van der Waals surface area contributed by atoms with Crippen molar-refractivity contribution in [2.24, 2.45) is 0 Å². The maximum atomic E-state index is 12.6. The first-order valence-electron chi connectivity index (χ1n) is 9.72. The van der Waals surface area contributed by atoms with Gasteiger partial charge in [-0.15, -0.1) is 0 Å². The van der Waals surface area contributed by atoms with Gasteiger partial charge in [0.1, 0.15) is 17.9 Å². The molecule has 2 aromatic carbocycles. The Hall–Kier alpha value is -4.03. The second-order valence-electron chi connectivity index (χ2n) is 6.63. The SMILES string of the molecule is COc1ccc(C=CC(=O)NC(=S)Nc2ccc(S(=O)(=O)Nc3cc(OC)ncn3)cc2)cc1. The van der Waals surface area contributed by atoms with Crippen LogP contribution in [0, 0.1) is 0 Å². The van der Waals surface area contributed by atoms with Crippen molar-refractivity contribution in [3.63, 3.8) is 0 Å². The van der Waals surface area contributed by atoms with E-state index < -0.39 is 15.9 Å². The number of nitrogens with one attached hydrogen (secondary N) is 3. The summed E-state index contributed by atoms with van der Waals surface area (Å²) in [6, 6.07) is 14.4. The molecule has 0 aliphatic heterocycles. The predicted molar refractivity (Wildman–Crippen MR) is 132 cm³/mol. The van der Waals surface area contributed by atoms with Crippen LogP contribution >= 0.6 is 12.2 Å². The van der Waals surface area contributed by atoms with E-state index in [0.717, 1.165) is 11.3 Å². The van der Waals surface area contributed by atoms with Gasteiger partial charge in [-0.25, -0.2) is 18.4 Å². The lowest BCUT2D eigenvalue weighted by molar-refractivity contribution is -0.115. The zero-order valence-electron chi connectivity index (χ0n) is 18.2. The number of anilines is 2. The third kappa shape index (κ3) is 6.98. The van der Waals surface area contributed by atoms with Crippen LogP contribution in [0.4, 0.5) is 11.5 Å². The molecule has 0 atom stereocenters. The van der Waals surface area contributed by atoms with Crippen LogP contribution in [0.15, 0.2) is 71.9 Å². The quantitative estimate of drug-likeness (QED) is 0.316. The molecule has 0 aliphatic rings. The van der Waals surface area contributed by atoms with Crippen molar-refractivity contribution in [3.05, 3.63) is 72.6 Å². The highest BCUT2D eigenvalue weighted by atomic mass is 32.2. The van der Waals surface area contributed by atoms with Crippen LogP contribution in [0.25, 0.3) is 6.08 Å². The van der Waals surface area contributed by atoms with Gasteiger partial charge in [-0.2, -0.15) is 0 Å². The van der Waals surface area contributed by atoms with Crippen LogP contribution in [0.2, 0.25) is 0 Å². The molecule has 10 nitrogen and oxygen atoms in total. The van der Waals surface area contributed by atoms with Crippen molar-refractivity contribution in [2.45, 2.75) is 4.90 Å². The van der Waals surface area contributed by atoms with Gasteiger partial charge in [0.2, 0.25) is 11.8 Å². The number of benzene rings is 2. The van der Waals surface area contributed by atoms with E-state index in [-0.39, 0.29) is 21.7 Å². The van der Waals surface area contributed by atoms with Gasteiger partial charge in [-0.3, -0.25) is 14.8 Å². The molecule has 0 bridgehead atoms. The van der Waals surface area contributed by atoms with Gasteiger partial charge < -0.3 is 14.8 Å². The molecule has 1 aromatic heterocycles. The van der Waals surface area contributed by atoms with E-state index in [9.17, 15) is 13.2 Å². The van der Waals surface area contributed by atoms with Gasteiger partial charge in [-0.1, -0.05) is 12.1 Å². The van der Waals surface area contributed by atoms with E-state index in [2.05, 4.69) is 25.3 Å². The zero-order chi connectivity index (χ0) is 24.6. The standard InChI is InChI=1S/C22H21N5O5S2/c1-31-17-8-3-15(4-9-17)5-12-20(28)26-22(33)25-16-6-10-18(11-7-16)34(29,30)27-19-13-21(32-2)24-14-23-19/h3-14H,1-2H3,(H,23,24,27)(H2,25,26,28,33). The van der Waals surface area contributed by atoms with Gasteiger partial charge >= 0.3 is 0 Å². The number of sulfonamides is 1. The summed E-state index contributed by atoms with van der Waals surface area (Å²) >= 11 is 5.14. The Bertz CT molecular complexity index is 1290. The van der Waals surface area contributed by atoms with Crippen molar-refractivity contribution >= 4 is 50.8 Å². The van der Waals surface area contributed by atoms with Crippen molar-refractivity contribution in [3.8, 4) is 11.6 Å². The summed E-state index contributed by atoms with van der Waals surface area (Å²) in [6.45, 7) is 0. The van der Waals surface area contributed by atoms with Crippen molar-refractivity contribution in [1.29, 1.82) is 0 Å². The van der Waals surface area contributed by atoms with Crippen molar-refractivity contribution in [1.82, 2.24) is 15.3 Å². The van der Waals surface area contributed by atoms with Gasteiger partial charge in [0.25, 0.3) is 10.0 Å². The molecular formula is C22H21N5O5S2. The average Bonchev–Trinajstić information content (AvgIpc) is 2.83. The molecule has 1 heterocycles. The van der Waals surface area contributed by atoms with Crippen LogP contribution in [0.5, 0.6) is 11.6 Å². The minimum Gasteiger partial charge on any atom is -0.497 e. The molecular weight excluding hydrogens is 478 g/mol. The highest BCUT2D eigenvalue weighted by molar-refractivity contribution is 7.92. The molecule has 0 radical (unpaired) electrons. The second kappa shape index (κ2) is 11.2. The van der Waals surface area contributed by atoms with Crippen LogP contribution in [0.3, 0.4) is 0 Å². The lowest BCUT2D eigenvalue weighted by atomic mass is 10.2. The number of methoxy groups -OCH3 is 2. The van der Waals surface area contributed by atoms with Crippen LogP contribution < -0.4 is 24.8 Å². The molecule has 3 rings (SSSR count). The maximum Gasteiger partial charge on any atom is 0.263 e. The third-order valence-corrected chi connectivity index (χ3v) is 5.87. The predicted octanol–water partition coefficient (Wildman–Crippen LogP) is 2.82. The molecule has 0 aliphatic carbocycles. The Balaban J connectivity index is 1.56. The highest BCUT2D eigenvalue weighted by Crippen LogP contribution is 2.19. The van der Waals surface area contributed by atoms with Crippen LogP contribution in [0.1, 0.15) is 5.56 Å². The molecule has 0 unspecified atom stereocenters. The van der Waals surface area contributed by atoms with E-state index in [1.54, 1.807) is 25.3 Å². The molecule has 0 spiro atoms. The second-order valence-corrected chi connectivity index (χ2v) is 8.72. The first-order chi connectivity index (χ1) is 16.3. The molecule has 176 valence electrons. The number of carbonyl (C=O) groups excluding carboxylic acids is 1. The number of nitrogens with zero attached hydrogens (tertiary/aromatic N) is 2. The molecule has 0 saturated carbocycles. The number of carbonyl (C=O) groups is 1. The summed E-state index contributed by atoms with van der Waals surface area (Å²) in [5.41, 5.74) is 1.31. The van der Waals surface area contributed by atoms with Crippen molar-refractivity contribution < 1.29 is 22.7 Å². The fourth-order valence-electron chi connectivity index (χ4n) is 2.62. The van der Waals surface area contributed by atoms with Gasteiger partial charge in [0, 0.05) is 17.8 Å². The van der Waals surface area contributed by atoms with Crippen LogP contribution in [-0.2, 0) is 14.8 Å². The number of ether oxygens (including phenoxy) is 2. The lowest BCUT2D eigenvalue weighted by Crippen LogP contribution is -2.32. The molecule has 0 saturated heterocycles. The van der Waals surface area contributed by atoms with Gasteiger partial charge in [-0.05, 0) is 60.3 Å². The number of hydrogen-bond donors (Lipinski definition) is 3. The third-order valence-electron chi connectivity index (χ3n) is 4.29. The number of hydrogen-bond acceptors (Lipinski definition) is 8. The zero-order valence-corrected chi connectivity index (χ0v) is 19.8. The molecule has 3 aromatic rings. The molecule has 12 heteroatoms. The lowest BCUT2D eigenvalue weighted by Gasteiger charge is -2.10. The fraction of sp³-hybridized carbons (Fsp3) is 0.0909. The van der Waals surface area contributed by atoms with E-state index in [1.807, 2.05) is 12.1 Å². The largest absolute Gasteiger partial charge is 0.497 e. The molecule has 0 fully saturated rings. The maximum absolute atomic E-state index is 12.6. The summed E-state index contributed by atoms with van der Waals surface area (Å²) in [6.07, 6.45) is 4.17. The van der Waals surface area contributed by atoms with E-state index >= 15 is 0 Å². The van der Waals surface area contributed by atoms with Gasteiger partial charge in [0.05, 0.1) is 19.1 Å². The summed E-state index contributed by atoms with van der Waals surface area (Å²) in [4.78, 5) is 19.8. The number of thiocarbonyl (C=S) groups is 1. The Morgan fingerprint density at radius 2 is 1.71 bits per heavy atom. The molecule has 34 heavy (non-hydrogen) atoms. The van der Waals surface area contributed by atoms with E-state index in [4.69, 9.17) is 21.7 Å². The minimum atomic E-state index is -3.88. The smallest absolute Gasteiger partial charge is 0.263 e. The van der Waals surface area contributed by atoms with E-state index in [0.29, 0.717) is 5.69 Å². The Labute approximate surface area is 202 Å². The summed E-state index contributed by atoms with van der Waals surface area (Å²) < 4.78 is 37.5. The topological polar surface area (TPSA) is 132 Å². The fourth-order valence-corrected chi connectivity index (χ4v) is 3.84. The number of amides is 1. The highest BCUT2D eigenvalue weighted by Gasteiger charge is 2.15. The monoisotopic (exact) mass is 499 g/mol. The van der Waals surface area contributed by atoms with Crippen molar-refractivity contribution in [2.75, 3.05) is 24.3 Å². The Morgan fingerprint density at radius 1 is 1.00 bits per heavy atom.